The summed E-state index contributed by atoms with van der Waals surface area (Å²) < 4.78 is 1.49. The number of hydrogen-bond acceptors (Lipinski definition) is 9. The molecular weight excluding hydrogens is 532 g/mol. The van der Waals surface area contributed by atoms with Gasteiger partial charge in [-0.05, 0) is 55.7 Å². The zero-order valence-corrected chi connectivity index (χ0v) is 24.6. The maximum absolute atomic E-state index is 14.0. The number of aromatic nitrogens is 4. The number of hydrogen-bond donors (Lipinski definition) is 2. The number of nitrogens with one attached hydrogen (secondary N) is 1. The number of aromatic carboxylic acids is 1. The van der Waals surface area contributed by atoms with Gasteiger partial charge in [0.15, 0.2) is 5.65 Å². The van der Waals surface area contributed by atoms with E-state index in [1.54, 1.807) is 18.3 Å². The zero-order valence-electron chi connectivity index (χ0n) is 24.6. The largest absolute Gasteiger partial charge is 0.478 e. The predicted molar refractivity (Wildman–Crippen MR) is 163 cm³/mol. The zero-order chi connectivity index (χ0) is 30.3. The van der Waals surface area contributed by atoms with E-state index in [9.17, 15) is 20.0 Å². The Bertz CT molecular complexity index is 1810. The number of carboxylic acid groups (broad SMARTS) is 1. The quantitative estimate of drug-likeness (QED) is 0.355. The molecule has 1 aromatic carbocycles. The van der Waals surface area contributed by atoms with E-state index in [4.69, 9.17) is 4.98 Å². The van der Waals surface area contributed by atoms with Crippen LogP contribution in [0, 0.1) is 18.3 Å². The van der Waals surface area contributed by atoms with Crippen LogP contribution in [0.1, 0.15) is 53.9 Å². The minimum Gasteiger partial charge on any atom is -0.478 e. The minimum atomic E-state index is -1.09. The van der Waals surface area contributed by atoms with Gasteiger partial charge in [0.05, 0.1) is 33.6 Å². The summed E-state index contributed by atoms with van der Waals surface area (Å²) in [5, 5.41) is 24.0. The third-order valence-corrected chi connectivity index (χ3v) is 7.65. The molecule has 1 fully saturated rings. The third-order valence-electron chi connectivity index (χ3n) is 7.65. The van der Waals surface area contributed by atoms with Gasteiger partial charge in [-0.1, -0.05) is 13.8 Å². The van der Waals surface area contributed by atoms with Crippen LogP contribution in [-0.4, -0.2) is 70.4 Å². The maximum atomic E-state index is 14.0. The summed E-state index contributed by atoms with van der Waals surface area (Å²) in [7, 11) is 3.67. The van der Waals surface area contributed by atoms with Gasteiger partial charge >= 0.3 is 11.7 Å². The standard InChI is InChI=1S/C31H34N8O3/c1-17(2)25-27(18(3)9-10-34-25)39-29-23(28(36-31(39)42)38-12-11-33-16-19(38)4)14-21(15-32)26(35-29)22-13-20(30(40)41)7-8-24(22)37(5)6/h7-10,13-14,17,19,33H,11-12,16H2,1-6H3,(H,40,41)/t19-/m0/s1. The minimum absolute atomic E-state index is 0.000150. The molecule has 0 saturated carbocycles. The normalized spacial score (nSPS) is 15.2. The molecule has 216 valence electrons. The van der Waals surface area contributed by atoms with Crippen molar-refractivity contribution in [2.75, 3.05) is 43.5 Å². The Morgan fingerprint density at radius 3 is 2.62 bits per heavy atom. The van der Waals surface area contributed by atoms with E-state index < -0.39 is 11.7 Å². The molecule has 1 atom stereocenters. The maximum Gasteiger partial charge on any atom is 0.355 e. The van der Waals surface area contributed by atoms with E-state index in [2.05, 4.69) is 33.2 Å². The molecule has 4 aromatic rings. The molecule has 5 rings (SSSR count). The first-order valence-corrected chi connectivity index (χ1v) is 13.9. The van der Waals surface area contributed by atoms with Gasteiger partial charge in [-0.2, -0.15) is 10.2 Å². The molecule has 11 nitrogen and oxygen atoms in total. The molecule has 0 spiro atoms. The van der Waals surface area contributed by atoms with Gasteiger partial charge in [-0.3, -0.25) is 4.98 Å². The molecule has 0 amide bonds. The fourth-order valence-electron chi connectivity index (χ4n) is 5.53. The second-order valence-electron chi connectivity index (χ2n) is 11.1. The van der Waals surface area contributed by atoms with Crippen LogP contribution in [0.2, 0.25) is 0 Å². The number of aryl methyl sites for hydroxylation is 1. The van der Waals surface area contributed by atoms with Crippen molar-refractivity contribution in [2.24, 2.45) is 0 Å². The molecule has 0 unspecified atom stereocenters. The van der Waals surface area contributed by atoms with Crippen LogP contribution in [0.4, 0.5) is 11.5 Å². The molecule has 1 saturated heterocycles. The number of anilines is 2. The second kappa shape index (κ2) is 11.2. The van der Waals surface area contributed by atoms with Gasteiger partial charge in [0, 0.05) is 57.2 Å². The summed E-state index contributed by atoms with van der Waals surface area (Å²) in [5.74, 6) is -0.625. The number of benzene rings is 1. The summed E-state index contributed by atoms with van der Waals surface area (Å²) in [5.41, 5.74) is 3.72. The van der Waals surface area contributed by atoms with Gasteiger partial charge in [-0.25, -0.2) is 19.1 Å². The summed E-state index contributed by atoms with van der Waals surface area (Å²) in [4.78, 5) is 44.1. The van der Waals surface area contributed by atoms with E-state index in [-0.39, 0.29) is 28.8 Å². The highest BCUT2D eigenvalue weighted by Gasteiger charge is 2.28. The van der Waals surface area contributed by atoms with Crippen LogP contribution in [-0.2, 0) is 0 Å². The van der Waals surface area contributed by atoms with E-state index in [0.29, 0.717) is 40.3 Å². The van der Waals surface area contributed by atoms with E-state index in [0.717, 1.165) is 24.3 Å². The lowest BCUT2D eigenvalue weighted by Gasteiger charge is -2.35. The molecule has 4 heterocycles. The Kier molecular flexibility index (Phi) is 7.67. The molecule has 1 aliphatic rings. The molecular formula is C31H34N8O3. The first-order valence-electron chi connectivity index (χ1n) is 13.9. The Labute approximate surface area is 244 Å². The van der Waals surface area contributed by atoms with Crippen molar-refractivity contribution in [3.63, 3.8) is 0 Å². The lowest BCUT2D eigenvalue weighted by molar-refractivity contribution is 0.0697. The van der Waals surface area contributed by atoms with E-state index >= 15 is 0 Å². The van der Waals surface area contributed by atoms with Gasteiger partial charge < -0.3 is 20.2 Å². The fourth-order valence-corrected chi connectivity index (χ4v) is 5.53. The molecule has 11 heteroatoms. The first kappa shape index (κ1) is 28.7. The number of fused-ring (bicyclic) bond motifs is 1. The van der Waals surface area contributed by atoms with Crippen molar-refractivity contribution in [2.45, 2.75) is 39.7 Å². The Morgan fingerprint density at radius 1 is 1.21 bits per heavy atom. The van der Waals surface area contributed by atoms with Crippen LogP contribution in [0.5, 0.6) is 0 Å². The molecule has 3 aromatic heterocycles. The fraction of sp³-hybridized carbons (Fsp3) is 0.355. The van der Waals surface area contributed by atoms with Crippen molar-refractivity contribution in [3.05, 3.63) is 69.4 Å². The number of rotatable bonds is 6. The topological polar surface area (TPSA) is 140 Å². The van der Waals surface area contributed by atoms with Crippen molar-refractivity contribution in [1.82, 2.24) is 24.8 Å². The summed E-state index contributed by atoms with van der Waals surface area (Å²) in [6.45, 7) is 10.1. The summed E-state index contributed by atoms with van der Waals surface area (Å²) in [6, 6.07) is 10.6. The average Bonchev–Trinajstić information content (AvgIpc) is 2.96. The van der Waals surface area contributed by atoms with E-state index in [1.165, 1.54) is 16.7 Å². The SMILES string of the molecule is Cc1ccnc(C(C)C)c1-n1c(=O)nc(N2CCNC[C@@H]2C)c2cc(C#N)c(-c3cc(C(=O)O)ccc3N(C)C)nc21. The third kappa shape index (κ3) is 4.94. The lowest BCUT2D eigenvalue weighted by atomic mass is 9.99. The number of carbonyl (C=O) groups is 1. The van der Waals surface area contributed by atoms with Crippen LogP contribution < -0.4 is 20.8 Å². The molecule has 42 heavy (non-hydrogen) atoms. The second-order valence-corrected chi connectivity index (χ2v) is 11.1. The summed E-state index contributed by atoms with van der Waals surface area (Å²) in [6.07, 6.45) is 1.72. The first-order chi connectivity index (χ1) is 20.0. The van der Waals surface area contributed by atoms with Crippen molar-refractivity contribution < 1.29 is 9.90 Å². The number of pyridine rings is 2. The number of piperazine rings is 1. The van der Waals surface area contributed by atoms with Crippen LogP contribution in [0.25, 0.3) is 28.0 Å². The monoisotopic (exact) mass is 566 g/mol. The summed E-state index contributed by atoms with van der Waals surface area (Å²) >= 11 is 0. The molecule has 0 bridgehead atoms. The highest BCUT2D eigenvalue weighted by Crippen LogP contribution is 2.36. The van der Waals surface area contributed by atoms with Gasteiger partial charge in [0.1, 0.15) is 11.9 Å². The van der Waals surface area contributed by atoms with Crippen molar-refractivity contribution in [3.8, 4) is 23.0 Å². The average molecular weight is 567 g/mol. The van der Waals surface area contributed by atoms with Crippen molar-refractivity contribution >= 4 is 28.5 Å². The van der Waals surface area contributed by atoms with E-state index in [1.807, 2.05) is 45.8 Å². The smallest absolute Gasteiger partial charge is 0.355 e. The molecule has 2 N–H and O–H groups in total. The lowest BCUT2D eigenvalue weighted by Crippen LogP contribution is -2.50. The predicted octanol–water partition coefficient (Wildman–Crippen LogP) is 3.71. The van der Waals surface area contributed by atoms with Gasteiger partial charge in [0.25, 0.3) is 0 Å². The highest BCUT2D eigenvalue weighted by atomic mass is 16.4. The van der Waals surface area contributed by atoms with Crippen LogP contribution >= 0.6 is 0 Å². The number of nitrogens with zero attached hydrogens (tertiary/aromatic N) is 7. The Morgan fingerprint density at radius 2 is 1.98 bits per heavy atom. The Balaban J connectivity index is 1.96. The van der Waals surface area contributed by atoms with Gasteiger partial charge in [-0.15, -0.1) is 0 Å². The van der Waals surface area contributed by atoms with Gasteiger partial charge in [0.2, 0.25) is 0 Å². The highest BCUT2D eigenvalue weighted by molar-refractivity contribution is 5.96. The molecule has 0 radical (unpaired) electrons. The van der Waals surface area contributed by atoms with Crippen LogP contribution in [0.15, 0.2) is 41.3 Å². The number of nitriles is 1. The Hall–Kier alpha value is -4.82. The number of carboxylic acids is 1. The molecule has 1 aliphatic heterocycles. The molecule has 0 aliphatic carbocycles. The van der Waals surface area contributed by atoms with Crippen LogP contribution in [0.3, 0.4) is 0 Å². The van der Waals surface area contributed by atoms with Crippen molar-refractivity contribution in [1.29, 1.82) is 5.26 Å².